The Morgan fingerprint density at radius 2 is 1.89 bits per heavy atom. The molecule has 0 aliphatic carbocycles. The van der Waals surface area contributed by atoms with Crippen LogP contribution in [0.3, 0.4) is 0 Å². The molecule has 0 bridgehead atoms. The van der Waals surface area contributed by atoms with Gasteiger partial charge in [0, 0.05) is 64.3 Å². The molecule has 8 heteroatoms. The van der Waals surface area contributed by atoms with Crippen LogP contribution >= 0.6 is 11.5 Å². The lowest BCUT2D eigenvalue weighted by Gasteiger charge is -2.36. The predicted molar refractivity (Wildman–Crippen MR) is 117 cm³/mol. The van der Waals surface area contributed by atoms with Crippen LogP contribution in [0, 0.1) is 0 Å². The Hall–Kier alpha value is -2.19. The minimum atomic E-state index is 0.785. The van der Waals surface area contributed by atoms with E-state index in [1.54, 1.807) is 0 Å². The second kappa shape index (κ2) is 9.84. The SMILES string of the molecule is CCc1nsc(N2CCN(C(=NC)NCc3ccccc3CN(C)C)CC2)n1. The van der Waals surface area contributed by atoms with Gasteiger partial charge in [0.15, 0.2) is 5.96 Å². The fourth-order valence-electron chi connectivity index (χ4n) is 3.36. The highest BCUT2D eigenvalue weighted by Gasteiger charge is 2.22. The Labute approximate surface area is 172 Å². The van der Waals surface area contributed by atoms with Gasteiger partial charge in [-0.3, -0.25) is 4.99 Å². The Kier molecular flexibility index (Phi) is 7.22. The van der Waals surface area contributed by atoms with Crippen molar-refractivity contribution in [2.45, 2.75) is 26.4 Å². The molecule has 28 heavy (non-hydrogen) atoms. The van der Waals surface area contributed by atoms with Crippen LogP contribution in [0.2, 0.25) is 0 Å². The average Bonchev–Trinajstić information content (AvgIpc) is 3.19. The number of benzene rings is 1. The van der Waals surface area contributed by atoms with Crippen LogP contribution in [0.5, 0.6) is 0 Å². The molecule has 1 fully saturated rings. The van der Waals surface area contributed by atoms with Gasteiger partial charge in [0.05, 0.1) is 0 Å². The third-order valence-corrected chi connectivity index (χ3v) is 5.69. The third-order valence-electron chi connectivity index (χ3n) is 4.88. The van der Waals surface area contributed by atoms with Crippen molar-refractivity contribution in [1.29, 1.82) is 0 Å². The molecule has 1 aromatic carbocycles. The fraction of sp³-hybridized carbons (Fsp3) is 0.550. The molecular formula is C20H31N7S. The summed E-state index contributed by atoms with van der Waals surface area (Å²) in [6.07, 6.45) is 0.891. The number of aryl methyl sites for hydroxylation is 1. The van der Waals surface area contributed by atoms with Crippen LogP contribution in [0.15, 0.2) is 29.3 Å². The van der Waals surface area contributed by atoms with Gasteiger partial charge in [-0.2, -0.15) is 4.37 Å². The minimum Gasteiger partial charge on any atom is -0.352 e. The lowest BCUT2D eigenvalue weighted by molar-refractivity contribution is 0.371. The van der Waals surface area contributed by atoms with Gasteiger partial charge in [-0.1, -0.05) is 31.2 Å². The normalized spacial score (nSPS) is 15.4. The van der Waals surface area contributed by atoms with Crippen molar-refractivity contribution in [2.24, 2.45) is 4.99 Å². The van der Waals surface area contributed by atoms with Crippen LogP contribution in [0.4, 0.5) is 5.13 Å². The van der Waals surface area contributed by atoms with E-state index in [1.165, 1.54) is 22.7 Å². The topological polar surface area (TPSA) is 59.9 Å². The van der Waals surface area contributed by atoms with Gasteiger partial charge in [-0.25, -0.2) is 4.98 Å². The standard InChI is InChI=1S/C20H31N7S/c1-5-18-23-20(28-24-18)27-12-10-26(11-13-27)19(21-2)22-14-16-8-6-7-9-17(16)15-25(3)4/h6-9H,5,10-15H2,1-4H3,(H,21,22). The van der Waals surface area contributed by atoms with E-state index < -0.39 is 0 Å². The molecule has 1 saturated heterocycles. The van der Waals surface area contributed by atoms with Crippen molar-refractivity contribution < 1.29 is 0 Å². The molecule has 2 aromatic rings. The zero-order valence-electron chi connectivity index (χ0n) is 17.4. The molecule has 1 N–H and O–H groups in total. The number of aromatic nitrogens is 2. The molecule has 3 rings (SSSR count). The van der Waals surface area contributed by atoms with Crippen molar-refractivity contribution in [1.82, 2.24) is 24.5 Å². The molecule has 0 unspecified atom stereocenters. The van der Waals surface area contributed by atoms with Gasteiger partial charge in [0.2, 0.25) is 5.13 Å². The zero-order chi connectivity index (χ0) is 19.9. The van der Waals surface area contributed by atoms with E-state index in [9.17, 15) is 0 Å². The van der Waals surface area contributed by atoms with Gasteiger partial charge in [-0.15, -0.1) is 0 Å². The van der Waals surface area contributed by atoms with Gasteiger partial charge >= 0.3 is 0 Å². The van der Waals surface area contributed by atoms with Crippen molar-refractivity contribution in [3.63, 3.8) is 0 Å². The Morgan fingerprint density at radius 3 is 2.50 bits per heavy atom. The number of nitrogens with one attached hydrogen (secondary N) is 1. The number of aliphatic imine (C=N–C) groups is 1. The summed E-state index contributed by atoms with van der Waals surface area (Å²) in [6.45, 7) is 7.56. The van der Waals surface area contributed by atoms with Crippen molar-refractivity contribution >= 4 is 22.6 Å². The van der Waals surface area contributed by atoms with Crippen molar-refractivity contribution in [3.8, 4) is 0 Å². The molecule has 1 aliphatic heterocycles. The second-order valence-electron chi connectivity index (χ2n) is 7.23. The van der Waals surface area contributed by atoms with E-state index in [4.69, 9.17) is 0 Å². The molecule has 2 heterocycles. The largest absolute Gasteiger partial charge is 0.352 e. The Balaban J connectivity index is 1.55. The molecule has 1 aromatic heterocycles. The third kappa shape index (κ3) is 5.20. The van der Waals surface area contributed by atoms with E-state index in [1.807, 2.05) is 7.05 Å². The van der Waals surface area contributed by atoms with Gasteiger partial charge in [0.1, 0.15) is 5.82 Å². The maximum Gasteiger partial charge on any atom is 0.205 e. The van der Waals surface area contributed by atoms with Crippen LogP contribution in [-0.2, 0) is 19.5 Å². The van der Waals surface area contributed by atoms with E-state index in [2.05, 4.69) is 79.7 Å². The number of guanidine groups is 1. The van der Waals surface area contributed by atoms with Crippen molar-refractivity contribution in [3.05, 3.63) is 41.2 Å². The summed E-state index contributed by atoms with van der Waals surface area (Å²) in [5, 5.41) is 4.59. The summed E-state index contributed by atoms with van der Waals surface area (Å²) in [5.74, 6) is 1.90. The highest BCUT2D eigenvalue weighted by molar-refractivity contribution is 7.09. The van der Waals surface area contributed by atoms with Crippen LogP contribution in [0.1, 0.15) is 23.9 Å². The molecule has 0 saturated carbocycles. The van der Waals surface area contributed by atoms with Crippen molar-refractivity contribution in [2.75, 3.05) is 52.2 Å². The summed E-state index contributed by atoms with van der Waals surface area (Å²) in [7, 11) is 6.06. The summed E-state index contributed by atoms with van der Waals surface area (Å²) in [4.78, 5) is 16.0. The van der Waals surface area contributed by atoms with Gasteiger partial charge in [0.25, 0.3) is 0 Å². The molecule has 0 radical (unpaired) electrons. The van der Waals surface area contributed by atoms with Crippen LogP contribution in [-0.4, -0.2) is 72.4 Å². The summed E-state index contributed by atoms with van der Waals surface area (Å²) in [6, 6.07) is 8.60. The van der Waals surface area contributed by atoms with Crippen LogP contribution in [0.25, 0.3) is 0 Å². The van der Waals surface area contributed by atoms with Crippen LogP contribution < -0.4 is 10.2 Å². The first kappa shape index (κ1) is 20.5. The molecule has 0 amide bonds. The summed E-state index contributed by atoms with van der Waals surface area (Å²) < 4.78 is 4.41. The molecule has 1 aliphatic rings. The highest BCUT2D eigenvalue weighted by Crippen LogP contribution is 2.19. The van der Waals surface area contributed by atoms with E-state index in [0.717, 1.165) is 62.6 Å². The zero-order valence-corrected chi connectivity index (χ0v) is 18.2. The van der Waals surface area contributed by atoms with E-state index in [-0.39, 0.29) is 0 Å². The van der Waals surface area contributed by atoms with E-state index in [0.29, 0.717) is 0 Å². The smallest absolute Gasteiger partial charge is 0.205 e. The first-order chi connectivity index (χ1) is 13.6. The first-order valence-corrected chi connectivity index (χ1v) is 10.6. The second-order valence-corrected chi connectivity index (χ2v) is 7.96. The molecule has 0 atom stereocenters. The number of anilines is 1. The quantitative estimate of drug-likeness (QED) is 0.591. The number of hydrogen-bond donors (Lipinski definition) is 1. The fourth-order valence-corrected chi connectivity index (χ4v) is 4.16. The monoisotopic (exact) mass is 401 g/mol. The average molecular weight is 402 g/mol. The van der Waals surface area contributed by atoms with Gasteiger partial charge < -0.3 is 20.0 Å². The maximum absolute atomic E-state index is 4.62. The maximum atomic E-state index is 4.62. The Morgan fingerprint density at radius 1 is 1.18 bits per heavy atom. The first-order valence-electron chi connectivity index (χ1n) is 9.85. The minimum absolute atomic E-state index is 0.785. The summed E-state index contributed by atoms with van der Waals surface area (Å²) >= 11 is 1.51. The molecular weight excluding hydrogens is 370 g/mol. The van der Waals surface area contributed by atoms with Gasteiger partial charge in [-0.05, 0) is 25.2 Å². The lowest BCUT2D eigenvalue weighted by atomic mass is 10.1. The summed E-state index contributed by atoms with van der Waals surface area (Å²) in [5.41, 5.74) is 2.67. The van der Waals surface area contributed by atoms with E-state index >= 15 is 0 Å². The predicted octanol–water partition coefficient (Wildman–Crippen LogP) is 2.06. The molecule has 0 spiro atoms. The highest BCUT2D eigenvalue weighted by atomic mass is 32.1. The lowest BCUT2D eigenvalue weighted by Crippen LogP contribution is -2.52. The Bertz CT molecular complexity index is 778. The molecule has 7 nitrogen and oxygen atoms in total. The number of piperazine rings is 1. The number of nitrogens with zero attached hydrogens (tertiary/aromatic N) is 6. The molecule has 152 valence electrons. The number of rotatable bonds is 6. The number of hydrogen-bond acceptors (Lipinski definition) is 6.